The van der Waals surface area contributed by atoms with E-state index in [1.54, 1.807) is 0 Å². The van der Waals surface area contributed by atoms with Crippen molar-refractivity contribution in [2.24, 2.45) is 0 Å². The first kappa shape index (κ1) is 7.63. The van der Waals surface area contributed by atoms with Crippen LogP contribution in [0.5, 0.6) is 0 Å². The first-order valence-electron chi connectivity index (χ1n) is 2.83. The highest BCUT2D eigenvalue weighted by atomic mass is 79.9. The molecule has 0 spiro atoms. The number of hydrogen-bond donors (Lipinski definition) is 1. The molecule has 0 aliphatic rings. The lowest BCUT2D eigenvalue weighted by molar-refractivity contribution is 0.276. The van der Waals surface area contributed by atoms with Crippen LogP contribution in [0.2, 0.25) is 0 Å². The highest BCUT2D eigenvalue weighted by Gasteiger charge is 1.97. The van der Waals surface area contributed by atoms with E-state index in [9.17, 15) is 0 Å². The molecule has 0 radical (unpaired) electrons. The van der Waals surface area contributed by atoms with Crippen molar-refractivity contribution in [3.05, 3.63) is 22.2 Å². The largest absolute Gasteiger partial charge is 0.390 e. The molecule has 1 aromatic heterocycles. The van der Waals surface area contributed by atoms with Crippen molar-refractivity contribution in [3.8, 4) is 0 Å². The minimum atomic E-state index is -0.0544. The molecule has 0 fully saturated rings. The summed E-state index contributed by atoms with van der Waals surface area (Å²) in [6, 6.07) is 0. The predicted molar refractivity (Wildman–Crippen MR) is 40.4 cm³/mol. The zero-order valence-corrected chi connectivity index (χ0v) is 7.09. The number of nitrogens with zero attached hydrogens (tertiary/aromatic N) is 2. The molecule has 3 nitrogen and oxygen atoms in total. The zero-order chi connectivity index (χ0) is 7.56. The van der Waals surface area contributed by atoms with Gasteiger partial charge in [0.15, 0.2) is 0 Å². The number of aromatic nitrogens is 2. The fraction of sp³-hybridized carbons (Fsp3) is 0.333. The van der Waals surface area contributed by atoms with Gasteiger partial charge in [-0.2, -0.15) is 0 Å². The van der Waals surface area contributed by atoms with Crippen molar-refractivity contribution in [3.63, 3.8) is 0 Å². The van der Waals surface area contributed by atoms with Crippen molar-refractivity contribution in [2.75, 3.05) is 0 Å². The Balaban J connectivity index is 3.04. The second-order valence-electron chi connectivity index (χ2n) is 1.90. The van der Waals surface area contributed by atoms with Crippen LogP contribution >= 0.6 is 15.9 Å². The van der Waals surface area contributed by atoms with Crippen LogP contribution in [-0.2, 0) is 6.61 Å². The molecule has 0 saturated heterocycles. The van der Waals surface area contributed by atoms with Crippen LogP contribution in [0.4, 0.5) is 0 Å². The van der Waals surface area contributed by atoms with Crippen LogP contribution in [-0.4, -0.2) is 15.1 Å². The highest BCUT2D eigenvalue weighted by Crippen LogP contribution is 2.09. The Morgan fingerprint density at radius 2 is 2.40 bits per heavy atom. The number of aliphatic hydroxyl groups is 1. The van der Waals surface area contributed by atoms with E-state index in [0.717, 1.165) is 10.3 Å². The minimum Gasteiger partial charge on any atom is -0.390 e. The maximum absolute atomic E-state index is 8.64. The zero-order valence-electron chi connectivity index (χ0n) is 5.50. The molecule has 1 N–H and O–H groups in total. The Morgan fingerprint density at radius 1 is 1.70 bits per heavy atom. The second-order valence-corrected chi connectivity index (χ2v) is 2.65. The first-order chi connectivity index (χ1) is 4.74. The van der Waals surface area contributed by atoms with Crippen molar-refractivity contribution in [2.45, 2.75) is 13.5 Å². The summed E-state index contributed by atoms with van der Waals surface area (Å²) in [4.78, 5) is 7.98. The number of aryl methyl sites for hydroxylation is 1. The van der Waals surface area contributed by atoms with E-state index in [1.807, 2.05) is 6.92 Å². The third-order valence-corrected chi connectivity index (χ3v) is 1.88. The Kier molecular flexibility index (Phi) is 2.34. The predicted octanol–water partition coefficient (Wildman–Crippen LogP) is 1.04. The van der Waals surface area contributed by atoms with Crippen LogP contribution in [0.1, 0.15) is 11.4 Å². The quantitative estimate of drug-likeness (QED) is 0.741. The van der Waals surface area contributed by atoms with Gasteiger partial charge in [-0.05, 0) is 22.9 Å². The second kappa shape index (κ2) is 3.07. The standard InChI is InChI=1S/C6H7BrN2O/c1-4-6(7)8-2-5(3-10)9-4/h2,10H,3H2,1H3. The van der Waals surface area contributed by atoms with Gasteiger partial charge < -0.3 is 5.11 Å². The first-order valence-corrected chi connectivity index (χ1v) is 3.62. The van der Waals surface area contributed by atoms with E-state index < -0.39 is 0 Å². The molecule has 1 aromatic rings. The highest BCUT2D eigenvalue weighted by molar-refractivity contribution is 9.10. The van der Waals surface area contributed by atoms with Crippen LogP contribution < -0.4 is 0 Å². The molecule has 10 heavy (non-hydrogen) atoms. The van der Waals surface area contributed by atoms with Crippen molar-refractivity contribution in [1.29, 1.82) is 0 Å². The Morgan fingerprint density at radius 3 is 2.90 bits per heavy atom. The molecule has 0 unspecified atom stereocenters. The van der Waals surface area contributed by atoms with E-state index >= 15 is 0 Å². The van der Waals surface area contributed by atoms with Gasteiger partial charge >= 0.3 is 0 Å². The van der Waals surface area contributed by atoms with Crippen LogP contribution in [0.25, 0.3) is 0 Å². The summed E-state index contributed by atoms with van der Waals surface area (Å²) < 4.78 is 0.727. The molecule has 54 valence electrons. The fourth-order valence-electron chi connectivity index (χ4n) is 0.591. The summed E-state index contributed by atoms with van der Waals surface area (Å²) in [5, 5.41) is 8.64. The molecule has 4 heteroatoms. The summed E-state index contributed by atoms with van der Waals surface area (Å²) in [7, 11) is 0. The van der Waals surface area contributed by atoms with Gasteiger partial charge in [-0.15, -0.1) is 0 Å². The molecule has 0 amide bonds. The topological polar surface area (TPSA) is 46.0 Å². The molecule has 0 bridgehead atoms. The maximum Gasteiger partial charge on any atom is 0.127 e. The average molecular weight is 203 g/mol. The third kappa shape index (κ3) is 1.52. The Labute approximate surface area is 67.3 Å². The van der Waals surface area contributed by atoms with Crippen molar-refractivity contribution in [1.82, 2.24) is 9.97 Å². The molecular weight excluding hydrogens is 196 g/mol. The third-order valence-electron chi connectivity index (χ3n) is 1.10. The van der Waals surface area contributed by atoms with E-state index in [1.165, 1.54) is 6.20 Å². The summed E-state index contributed by atoms with van der Waals surface area (Å²) in [6.07, 6.45) is 1.54. The summed E-state index contributed by atoms with van der Waals surface area (Å²) >= 11 is 3.20. The summed E-state index contributed by atoms with van der Waals surface area (Å²) in [5.41, 5.74) is 1.40. The molecule has 0 aliphatic carbocycles. The number of aliphatic hydroxyl groups excluding tert-OH is 1. The molecule has 1 heterocycles. The minimum absolute atomic E-state index is 0.0544. The molecule has 1 rings (SSSR count). The monoisotopic (exact) mass is 202 g/mol. The van der Waals surface area contributed by atoms with Gasteiger partial charge in [0.25, 0.3) is 0 Å². The molecular formula is C6H7BrN2O. The lowest BCUT2D eigenvalue weighted by atomic mass is 10.4. The lowest BCUT2D eigenvalue weighted by Crippen LogP contribution is -1.94. The van der Waals surface area contributed by atoms with E-state index in [0.29, 0.717) is 5.69 Å². The van der Waals surface area contributed by atoms with Gasteiger partial charge in [-0.3, -0.25) is 4.98 Å². The number of hydrogen-bond acceptors (Lipinski definition) is 3. The fourth-order valence-corrected chi connectivity index (χ4v) is 0.782. The summed E-state index contributed by atoms with van der Waals surface area (Å²) in [6.45, 7) is 1.78. The average Bonchev–Trinajstić information content (AvgIpc) is 1.95. The SMILES string of the molecule is Cc1nc(CO)cnc1Br. The van der Waals surface area contributed by atoms with E-state index in [2.05, 4.69) is 25.9 Å². The number of halogens is 1. The Hall–Kier alpha value is -0.480. The molecule has 0 aromatic carbocycles. The smallest absolute Gasteiger partial charge is 0.127 e. The van der Waals surface area contributed by atoms with Crippen LogP contribution in [0.3, 0.4) is 0 Å². The van der Waals surface area contributed by atoms with Crippen LogP contribution in [0.15, 0.2) is 10.8 Å². The lowest BCUT2D eigenvalue weighted by Gasteiger charge is -1.97. The summed E-state index contributed by atoms with van der Waals surface area (Å²) in [5.74, 6) is 0. The van der Waals surface area contributed by atoms with E-state index in [-0.39, 0.29) is 6.61 Å². The molecule has 0 aliphatic heterocycles. The van der Waals surface area contributed by atoms with Gasteiger partial charge in [-0.25, -0.2) is 4.98 Å². The molecule has 0 atom stereocenters. The van der Waals surface area contributed by atoms with E-state index in [4.69, 9.17) is 5.11 Å². The normalized spacial score (nSPS) is 9.90. The van der Waals surface area contributed by atoms with Gasteiger partial charge in [0.2, 0.25) is 0 Å². The maximum atomic E-state index is 8.64. The van der Waals surface area contributed by atoms with Gasteiger partial charge in [0.1, 0.15) is 4.60 Å². The van der Waals surface area contributed by atoms with Gasteiger partial charge in [-0.1, -0.05) is 0 Å². The Bertz CT molecular complexity index is 239. The van der Waals surface area contributed by atoms with Gasteiger partial charge in [0, 0.05) is 0 Å². The van der Waals surface area contributed by atoms with Crippen molar-refractivity contribution >= 4 is 15.9 Å². The van der Waals surface area contributed by atoms with Gasteiger partial charge in [0.05, 0.1) is 24.2 Å². The van der Waals surface area contributed by atoms with Crippen LogP contribution in [0, 0.1) is 6.92 Å². The number of rotatable bonds is 1. The molecule has 0 saturated carbocycles. The van der Waals surface area contributed by atoms with Crippen molar-refractivity contribution < 1.29 is 5.11 Å².